The molecule has 0 amide bonds. The van der Waals surface area contributed by atoms with Crippen LogP contribution in [0.15, 0.2) is 4.99 Å². The SMILES string of the molecule is C1CNC(NC(C2CC2)C2CC2)=N1. The monoisotopic (exact) mass is 179 g/mol. The predicted molar refractivity (Wildman–Crippen MR) is 52.7 cm³/mol. The van der Waals surface area contributed by atoms with Crippen LogP contribution in [0.5, 0.6) is 0 Å². The van der Waals surface area contributed by atoms with Gasteiger partial charge in [-0.05, 0) is 37.5 Å². The molecule has 0 bridgehead atoms. The van der Waals surface area contributed by atoms with Crippen molar-refractivity contribution in [2.75, 3.05) is 13.1 Å². The summed E-state index contributed by atoms with van der Waals surface area (Å²) in [6, 6.07) is 0.740. The van der Waals surface area contributed by atoms with Crippen molar-refractivity contribution < 1.29 is 0 Å². The first-order valence-corrected chi connectivity index (χ1v) is 5.48. The molecule has 0 aromatic heterocycles. The molecule has 3 aliphatic rings. The lowest BCUT2D eigenvalue weighted by Crippen LogP contribution is -2.43. The molecule has 1 aliphatic heterocycles. The number of guanidine groups is 1. The minimum Gasteiger partial charge on any atom is -0.355 e. The molecule has 2 fully saturated rings. The zero-order chi connectivity index (χ0) is 8.67. The number of aliphatic imine (C=N–C) groups is 1. The van der Waals surface area contributed by atoms with E-state index in [9.17, 15) is 0 Å². The predicted octanol–water partition coefficient (Wildman–Crippen LogP) is 0.724. The van der Waals surface area contributed by atoms with Crippen LogP contribution in [0.25, 0.3) is 0 Å². The summed E-state index contributed by atoms with van der Waals surface area (Å²) in [5.74, 6) is 2.97. The van der Waals surface area contributed by atoms with Crippen LogP contribution < -0.4 is 10.6 Å². The molecule has 2 N–H and O–H groups in total. The third-order valence-electron chi connectivity index (χ3n) is 3.24. The van der Waals surface area contributed by atoms with E-state index in [0.29, 0.717) is 0 Å². The molecule has 0 radical (unpaired) electrons. The van der Waals surface area contributed by atoms with Crippen molar-refractivity contribution in [1.29, 1.82) is 0 Å². The quantitative estimate of drug-likeness (QED) is 0.670. The van der Waals surface area contributed by atoms with E-state index >= 15 is 0 Å². The van der Waals surface area contributed by atoms with Gasteiger partial charge in [0, 0.05) is 12.6 Å². The molecule has 13 heavy (non-hydrogen) atoms. The Morgan fingerprint density at radius 1 is 1.23 bits per heavy atom. The van der Waals surface area contributed by atoms with Gasteiger partial charge in [-0.25, -0.2) is 0 Å². The Morgan fingerprint density at radius 2 is 1.92 bits per heavy atom. The second kappa shape index (κ2) is 2.89. The fraction of sp³-hybridized carbons (Fsp3) is 0.900. The number of rotatable bonds is 3. The minimum absolute atomic E-state index is 0.740. The van der Waals surface area contributed by atoms with Gasteiger partial charge in [0.25, 0.3) is 0 Å². The summed E-state index contributed by atoms with van der Waals surface area (Å²) < 4.78 is 0. The molecule has 0 saturated heterocycles. The van der Waals surface area contributed by atoms with Crippen molar-refractivity contribution in [2.45, 2.75) is 31.7 Å². The topological polar surface area (TPSA) is 36.4 Å². The highest BCUT2D eigenvalue weighted by Crippen LogP contribution is 2.44. The van der Waals surface area contributed by atoms with Crippen LogP contribution in [-0.2, 0) is 0 Å². The minimum atomic E-state index is 0.740. The molecule has 0 atom stereocenters. The number of hydrogen-bond donors (Lipinski definition) is 2. The Morgan fingerprint density at radius 3 is 2.38 bits per heavy atom. The molecule has 2 saturated carbocycles. The first-order valence-electron chi connectivity index (χ1n) is 5.48. The van der Waals surface area contributed by atoms with Crippen molar-refractivity contribution in [3.8, 4) is 0 Å². The molecule has 0 spiro atoms. The van der Waals surface area contributed by atoms with Crippen LogP contribution in [0.3, 0.4) is 0 Å². The lowest BCUT2D eigenvalue weighted by atomic mass is 10.1. The fourth-order valence-corrected chi connectivity index (χ4v) is 2.18. The second-order valence-electron chi connectivity index (χ2n) is 4.50. The van der Waals surface area contributed by atoms with E-state index in [1.165, 1.54) is 25.7 Å². The summed E-state index contributed by atoms with van der Waals surface area (Å²) in [5, 5.41) is 6.87. The van der Waals surface area contributed by atoms with Gasteiger partial charge in [0.1, 0.15) is 0 Å². The lowest BCUT2D eigenvalue weighted by molar-refractivity contribution is 0.478. The highest BCUT2D eigenvalue weighted by molar-refractivity contribution is 5.81. The van der Waals surface area contributed by atoms with E-state index in [0.717, 1.165) is 36.9 Å². The van der Waals surface area contributed by atoms with E-state index in [1.54, 1.807) is 0 Å². The summed E-state index contributed by atoms with van der Waals surface area (Å²) in [6.07, 6.45) is 5.73. The van der Waals surface area contributed by atoms with E-state index in [4.69, 9.17) is 0 Å². The average Bonchev–Trinajstić information content (AvgIpc) is 3.04. The molecule has 2 aliphatic carbocycles. The van der Waals surface area contributed by atoms with Gasteiger partial charge >= 0.3 is 0 Å². The van der Waals surface area contributed by atoms with Gasteiger partial charge in [-0.1, -0.05) is 0 Å². The zero-order valence-corrected chi connectivity index (χ0v) is 7.92. The van der Waals surface area contributed by atoms with Crippen molar-refractivity contribution in [1.82, 2.24) is 10.6 Å². The summed E-state index contributed by atoms with van der Waals surface area (Å²) in [6.45, 7) is 1.97. The standard InChI is InChI=1S/C10H17N3/c1-2-7(1)9(8-3-4-8)13-10-11-5-6-12-10/h7-9H,1-6H2,(H2,11,12,13). The lowest BCUT2D eigenvalue weighted by Gasteiger charge is -2.18. The smallest absolute Gasteiger partial charge is 0.191 e. The highest BCUT2D eigenvalue weighted by Gasteiger charge is 2.41. The highest BCUT2D eigenvalue weighted by atomic mass is 15.2. The van der Waals surface area contributed by atoms with Gasteiger partial charge in [-0.15, -0.1) is 0 Å². The number of nitrogens with one attached hydrogen (secondary N) is 2. The molecule has 72 valence electrons. The summed E-state index contributed by atoms with van der Waals surface area (Å²) >= 11 is 0. The van der Waals surface area contributed by atoms with Crippen molar-refractivity contribution in [3.05, 3.63) is 0 Å². The van der Waals surface area contributed by atoms with Gasteiger partial charge < -0.3 is 10.6 Å². The van der Waals surface area contributed by atoms with Gasteiger partial charge in [-0.2, -0.15) is 0 Å². The maximum Gasteiger partial charge on any atom is 0.191 e. The van der Waals surface area contributed by atoms with Crippen LogP contribution in [0.2, 0.25) is 0 Å². The Hall–Kier alpha value is -0.730. The summed E-state index contributed by atoms with van der Waals surface area (Å²) in [7, 11) is 0. The molecule has 3 nitrogen and oxygen atoms in total. The first kappa shape index (κ1) is 7.65. The zero-order valence-electron chi connectivity index (χ0n) is 7.92. The summed E-state index contributed by atoms with van der Waals surface area (Å²) in [5.41, 5.74) is 0. The number of hydrogen-bond acceptors (Lipinski definition) is 3. The maximum atomic E-state index is 4.39. The molecule has 0 aromatic carbocycles. The number of nitrogens with zero attached hydrogens (tertiary/aromatic N) is 1. The van der Waals surface area contributed by atoms with E-state index in [2.05, 4.69) is 15.6 Å². The molecule has 3 rings (SSSR count). The third-order valence-corrected chi connectivity index (χ3v) is 3.24. The average molecular weight is 179 g/mol. The second-order valence-corrected chi connectivity index (χ2v) is 4.50. The van der Waals surface area contributed by atoms with Crippen molar-refractivity contribution in [2.24, 2.45) is 16.8 Å². The Labute approximate surface area is 79.0 Å². The largest absolute Gasteiger partial charge is 0.355 e. The van der Waals surface area contributed by atoms with Gasteiger partial charge in [0.2, 0.25) is 0 Å². The van der Waals surface area contributed by atoms with Crippen molar-refractivity contribution >= 4 is 5.96 Å². The van der Waals surface area contributed by atoms with Gasteiger partial charge in [0.05, 0.1) is 6.54 Å². The summed E-state index contributed by atoms with van der Waals surface area (Å²) in [4.78, 5) is 4.39. The third kappa shape index (κ3) is 1.64. The molecular formula is C10H17N3. The van der Waals surface area contributed by atoms with Crippen LogP contribution in [0, 0.1) is 11.8 Å². The van der Waals surface area contributed by atoms with Crippen LogP contribution >= 0.6 is 0 Å². The Balaban J connectivity index is 1.60. The van der Waals surface area contributed by atoms with Crippen LogP contribution in [0.1, 0.15) is 25.7 Å². The Bertz CT molecular complexity index is 216. The first-order chi connectivity index (χ1) is 6.43. The molecular weight excluding hydrogens is 162 g/mol. The normalized spacial score (nSPS) is 27.3. The Kier molecular flexibility index (Phi) is 1.70. The van der Waals surface area contributed by atoms with Crippen LogP contribution in [0.4, 0.5) is 0 Å². The molecule has 0 aromatic rings. The molecule has 0 unspecified atom stereocenters. The molecule has 3 heteroatoms. The van der Waals surface area contributed by atoms with Gasteiger partial charge in [0.15, 0.2) is 5.96 Å². The fourth-order valence-electron chi connectivity index (χ4n) is 2.18. The van der Waals surface area contributed by atoms with Crippen LogP contribution in [-0.4, -0.2) is 25.1 Å². The molecule has 1 heterocycles. The van der Waals surface area contributed by atoms with E-state index in [1.807, 2.05) is 0 Å². The van der Waals surface area contributed by atoms with Crippen molar-refractivity contribution in [3.63, 3.8) is 0 Å². The van der Waals surface area contributed by atoms with E-state index in [-0.39, 0.29) is 0 Å². The van der Waals surface area contributed by atoms with Gasteiger partial charge in [-0.3, -0.25) is 4.99 Å². The van der Waals surface area contributed by atoms with E-state index < -0.39 is 0 Å². The maximum absolute atomic E-state index is 4.39.